The molecular formula is C25H28N2O4. The van der Waals surface area contributed by atoms with Crippen molar-refractivity contribution in [3.05, 3.63) is 65.2 Å². The minimum atomic E-state index is -1.69. The Morgan fingerprint density at radius 2 is 1.68 bits per heavy atom. The summed E-state index contributed by atoms with van der Waals surface area (Å²) in [5.41, 5.74) is -1.37. The van der Waals surface area contributed by atoms with Crippen LogP contribution < -0.4 is 4.74 Å². The standard InChI is InChI=1S/C25H28N2O4/c1-31-19-11-9-18(10-12-19)24-17-22(28)27(16-15-26-13-5-2-6-14-26)25(24,30)21-8-4-3-7-20(21)23(24)29/h3-4,7-12,30H,2,5-6,13-17H2,1H3. The number of rotatable bonds is 5. The second-order valence-corrected chi connectivity index (χ2v) is 8.81. The van der Waals surface area contributed by atoms with Crippen molar-refractivity contribution < 1.29 is 19.4 Å². The zero-order chi connectivity index (χ0) is 21.6. The van der Waals surface area contributed by atoms with Crippen molar-refractivity contribution >= 4 is 11.7 Å². The summed E-state index contributed by atoms with van der Waals surface area (Å²) in [6.45, 7) is 3.12. The Bertz CT molecular complexity index is 1010. The molecule has 162 valence electrons. The third-order valence-electron chi connectivity index (χ3n) is 7.31. The topological polar surface area (TPSA) is 70.1 Å². The van der Waals surface area contributed by atoms with Crippen molar-refractivity contribution in [2.75, 3.05) is 33.3 Å². The lowest BCUT2D eigenvalue weighted by Crippen LogP contribution is -2.54. The number of fused-ring (bicyclic) bond motifs is 3. The lowest BCUT2D eigenvalue weighted by molar-refractivity contribution is -0.152. The molecule has 2 saturated heterocycles. The first-order valence-corrected chi connectivity index (χ1v) is 11.1. The van der Waals surface area contributed by atoms with Gasteiger partial charge in [0.15, 0.2) is 11.5 Å². The molecule has 2 unspecified atom stereocenters. The van der Waals surface area contributed by atoms with E-state index in [1.807, 2.05) is 12.1 Å². The highest BCUT2D eigenvalue weighted by Crippen LogP contribution is 2.59. The van der Waals surface area contributed by atoms with Crippen LogP contribution in [0.4, 0.5) is 0 Å². The molecule has 2 fully saturated rings. The number of ether oxygens (including phenoxy) is 1. The quantitative estimate of drug-likeness (QED) is 0.806. The summed E-state index contributed by atoms with van der Waals surface area (Å²) in [6, 6.07) is 14.3. The van der Waals surface area contributed by atoms with Gasteiger partial charge < -0.3 is 19.6 Å². The Hall–Kier alpha value is -2.70. The number of carbonyl (C=O) groups excluding carboxylic acids is 2. The first-order valence-electron chi connectivity index (χ1n) is 11.1. The number of hydrogen-bond donors (Lipinski definition) is 1. The number of nitrogens with zero attached hydrogens (tertiary/aromatic N) is 2. The Morgan fingerprint density at radius 3 is 2.39 bits per heavy atom. The number of carbonyl (C=O) groups is 2. The number of Topliss-reactive ketones (excluding diaryl/α,β-unsaturated/α-hetero) is 1. The van der Waals surface area contributed by atoms with Crippen LogP contribution in [0.2, 0.25) is 0 Å². The van der Waals surface area contributed by atoms with Crippen LogP contribution in [0.3, 0.4) is 0 Å². The Kier molecular flexibility index (Phi) is 4.87. The van der Waals surface area contributed by atoms with E-state index in [4.69, 9.17) is 4.74 Å². The molecule has 2 aliphatic heterocycles. The van der Waals surface area contributed by atoms with Crippen molar-refractivity contribution in [3.63, 3.8) is 0 Å². The summed E-state index contributed by atoms with van der Waals surface area (Å²) >= 11 is 0. The van der Waals surface area contributed by atoms with Gasteiger partial charge in [-0.15, -0.1) is 0 Å². The van der Waals surface area contributed by atoms with E-state index in [1.165, 1.54) is 6.42 Å². The fraction of sp³-hybridized carbons (Fsp3) is 0.440. The molecule has 2 aromatic rings. The normalized spacial score (nSPS) is 28.0. The van der Waals surface area contributed by atoms with Gasteiger partial charge in [0.2, 0.25) is 5.91 Å². The summed E-state index contributed by atoms with van der Waals surface area (Å²) in [5, 5.41) is 12.3. The second-order valence-electron chi connectivity index (χ2n) is 8.81. The number of ketones is 1. The van der Waals surface area contributed by atoms with Gasteiger partial charge >= 0.3 is 0 Å². The minimum absolute atomic E-state index is 0.0384. The molecule has 1 aliphatic carbocycles. The summed E-state index contributed by atoms with van der Waals surface area (Å²) < 4.78 is 5.27. The fourth-order valence-electron chi connectivity index (χ4n) is 5.71. The van der Waals surface area contributed by atoms with Crippen LogP contribution in [-0.4, -0.2) is 59.9 Å². The van der Waals surface area contributed by atoms with Crippen LogP contribution in [0.5, 0.6) is 5.75 Å². The smallest absolute Gasteiger partial charge is 0.226 e. The largest absolute Gasteiger partial charge is 0.497 e. The minimum Gasteiger partial charge on any atom is -0.497 e. The highest BCUT2D eigenvalue weighted by molar-refractivity contribution is 6.14. The summed E-state index contributed by atoms with van der Waals surface area (Å²) in [7, 11) is 1.58. The molecule has 3 aliphatic rings. The maximum atomic E-state index is 13.8. The maximum Gasteiger partial charge on any atom is 0.226 e. The highest BCUT2D eigenvalue weighted by Gasteiger charge is 2.72. The van der Waals surface area contributed by atoms with Crippen LogP contribution in [0.25, 0.3) is 0 Å². The highest BCUT2D eigenvalue weighted by atomic mass is 16.5. The van der Waals surface area contributed by atoms with Gasteiger partial charge in [-0.3, -0.25) is 9.59 Å². The first kappa shape index (κ1) is 20.2. The van der Waals surface area contributed by atoms with Gasteiger partial charge in [-0.2, -0.15) is 0 Å². The molecule has 2 heterocycles. The number of methoxy groups -OCH3 is 1. The van der Waals surface area contributed by atoms with E-state index in [0.717, 1.165) is 25.9 Å². The number of aliphatic hydroxyl groups is 1. The lowest BCUT2D eigenvalue weighted by Gasteiger charge is -2.41. The van der Waals surface area contributed by atoms with Gasteiger partial charge in [0, 0.05) is 30.6 Å². The average Bonchev–Trinajstić information content (AvgIpc) is 3.16. The predicted octanol–water partition coefficient (Wildman–Crippen LogP) is 2.69. The third kappa shape index (κ3) is 2.78. The Labute approximate surface area is 182 Å². The molecule has 0 spiro atoms. The molecule has 0 saturated carbocycles. The fourth-order valence-corrected chi connectivity index (χ4v) is 5.71. The number of piperidine rings is 1. The Balaban J connectivity index is 1.59. The molecule has 31 heavy (non-hydrogen) atoms. The summed E-state index contributed by atoms with van der Waals surface area (Å²) in [6.07, 6.45) is 3.53. The molecule has 6 nitrogen and oxygen atoms in total. The molecule has 6 heteroatoms. The lowest BCUT2D eigenvalue weighted by atomic mass is 9.71. The molecule has 0 aromatic heterocycles. The Morgan fingerprint density at radius 1 is 0.968 bits per heavy atom. The van der Waals surface area contributed by atoms with Crippen molar-refractivity contribution in [2.24, 2.45) is 0 Å². The van der Waals surface area contributed by atoms with Crippen LogP contribution in [0, 0.1) is 0 Å². The molecule has 1 amide bonds. The van der Waals surface area contributed by atoms with Crippen LogP contribution in [-0.2, 0) is 15.9 Å². The zero-order valence-corrected chi connectivity index (χ0v) is 17.8. The number of hydrogen-bond acceptors (Lipinski definition) is 5. The zero-order valence-electron chi connectivity index (χ0n) is 17.8. The molecular weight excluding hydrogens is 392 g/mol. The molecule has 5 rings (SSSR count). The van der Waals surface area contributed by atoms with Gasteiger partial charge in [0.1, 0.15) is 11.2 Å². The van der Waals surface area contributed by atoms with Crippen LogP contribution in [0.15, 0.2) is 48.5 Å². The van der Waals surface area contributed by atoms with E-state index in [1.54, 1.807) is 48.4 Å². The number of benzene rings is 2. The van der Waals surface area contributed by atoms with E-state index in [-0.39, 0.29) is 18.1 Å². The van der Waals surface area contributed by atoms with E-state index in [0.29, 0.717) is 35.5 Å². The van der Waals surface area contributed by atoms with Gasteiger partial charge in [-0.1, -0.05) is 42.8 Å². The third-order valence-corrected chi connectivity index (χ3v) is 7.31. The number of amides is 1. The van der Waals surface area contributed by atoms with Gasteiger partial charge in [-0.25, -0.2) is 0 Å². The van der Waals surface area contributed by atoms with Crippen molar-refractivity contribution in [2.45, 2.75) is 36.8 Å². The summed E-state index contributed by atoms with van der Waals surface area (Å²) in [4.78, 5) is 31.0. The predicted molar refractivity (Wildman–Crippen MR) is 116 cm³/mol. The van der Waals surface area contributed by atoms with Crippen molar-refractivity contribution in [1.29, 1.82) is 0 Å². The van der Waals surface area contributed by atoms with Gasteiger partial charge in [-0.05, 0) is 43.6 Å². The van der Waals surface area contributed by atoms with Crippen LogP contribution >= 0.6 is 0 Å². The van der Waals surface area contributed by atoms with E-state index in [2.05, 4.69) is 4.90 Å². The molecule has 2 aromatic carbocycles. The maximum absolute atomic E-state index is 13.8. The first-order chi connectivity index (χ1) is 15.0. The summed E-state index contributed by atoms with van der Waals surface area (Å²) in [5.74, 6) is 0.292. The molecule has 0 radical (unpaired) electrons. The number of likely N-dealkylation sites (tertiary alicyclic amines) is 2. The van der Waals surface area contributed by atoms with E-state index < -0.39 is 11.1 Å². The molecule has 1 N–H and O–H groups in total. The van der Waals surface area contributed by atoms with Crippen LogP contribution in [0.1, 0.15) is 47.2 Å². The van der Waals surface area contributed by atoms with E-state index in [9.17, 15) is 14.7 Å². The van der Waals surface area contributed by atoms with Gasteiger partial charge in [0.05, 0.1) is 7.11 Å². The average molecular weight is 421 g/mol. The SMILES string of the molecule is COc1ccc(C23CC(=O)N(CCN4CCCCC4)C2(O)c2ccccc2C3=O)cc1. The van der Waals surface area contributed by atoms with Crippen molar-refractivity contribution in [3.8, 4) is 5.75 Å². The molecule has 0 bridgehead atoms. The van der Waals surface area contributed by atoms with E-state index >= 15 is 0 Å². The van der Waals surface area contributed by atoms with Crippen molar-refractivity contribution in [1.82, 2.24) is 9.80 Å². The second kappa shape index (κ2) is 7.46. The van der Waals surface area contributed by atoms with Gasteiger partial charge in [0.25, 0.3) is 0 Å². The molecule has 2 atom stereocenters. The monoisotopic (exact) mass is 420 g/mol.